The molecule has 4 nitrogen and oxygen atoms in total. The van der Waals surface area contributed by atoms with E-state index in [1.54, 1.807) is 0 Å². The summed E-state index contributed by atoms with van der Waals surface area (Å²) < 4.78 is 10.5. The molecule has 0 bridgehead atoms. The Labute approximate surface area is 158 Å². The van der Waals surface area contributed by atoms with Gasteiger partial charge < -0.3 is 15.2 Å². The number of carbonyl (C=O) groups is 1. The van der Waals surface area contributed by atoms with Gasteiger partial charge in [-0.15, -0.1) is 0 Å². The average molecular weight is 362 g/mol. The van der Waals surface area contributed by atoms with Crippen LogP contribution in [0.1, 0.15) is 76.7 Å². The molecule has 26 heavy (non-hydrogen) atoms. The Morgan fingerprint density at radius 1 is 0.885 bits per heavy atom. The maximum atomic E-state index is 11.7. The van der Waals surface area contributed by atoms with Gasteiger partial charge in [-0.3, -0.25) is 0 Å². The van der Waals surface area contributed by atoms with Crippen molar-refractivity contribution < 1.29 is 14.3 Å². The second kappa shape index (κ2) is 15.3. The number of hydrogen-bond acceptors (Lipinski definition) is 4. The number of nitrogens with two attached hydrogens (primary N) is 1. The van der Waals surface area contributed by atoms with Crippen LogP contribution in [0.25, 0.3) is 0 Å². The monoisotopic (exact) mass is 361 g/mol. The summed E-state index contributed by atoms with van der Waals surface area (Å²) in [5.41, 5.74) is 6.69. The van der Waals surface area contributed by atoms with Crippen molar-refractivity contribution in [1.29, 1.82) is 0 Å². The van der Waals surface area contributed by atoms with Gasteiger partial charge >= 0.3 is 5.97 Å². The van der Waals surface area contributed by atoms with Crippen molar-refractivity contribution in [3.8, 4) is 0 Å². The van der Waals surface area contributed by atoms with Crippen molar-refractivity contribution in [2.24, 2.45) is 5.73 Å². The van der Waals surface area contributed by atoms with E-state index in [1.807, 2.05) is 30.3 Å². The van der Waals surface area contributed by atoms with Crippen LogP contribution in [0, 0.1) is 0 Å². The highest BCUT2D eigenvalue weighted by molar-refractivity contribution is 5.82. The molecule has 0 aliphatic rings. The molecule has 1 aromatic carbocycles. The Hall–Kier alpha value is -1.97. The molecule has 0 radical (unpaired) electrons. The lowest BCUT2D eigenvalue weighted by atomic mass is 10.1. The minimum atomic E-state index is -0.438. The SMILES string of the molecule is CCCCCCCCCCCCOC(=O)C=C(N)OCc1ccccc1. The van der Waals surface area contributed by atoms with Crippen LogP contribution >= 0.6 is 0 Å². The van der Waals surface area contributed by atoms with Crippen molar-refractivity contribution in [2.75, 3.05) is 6.61 Å². The van der Waals surface area contributed by atoms with E-state index in [9.17, 15) is 4.79 Å². The maximum Gasteiger partial charge on any atom is 0.336 e. The standard InChI is InChI=1S/C22H35NO3/c1-2-3-4-5-6-7-8-9-10-14-17-25-22(24)18-21(23)26-19-20-15-12-11-13-16-20/h11-13,15-16,18H,2-10,14,17,19,23H2,1H3. The molecule has 0 fully saturated rings. The van der Waals surface area contributed by atoms with Crippen LogP contribution in [0.4, 0.5) is 0 Å². The van der Waals surface area contributed by atoms with E-state index in [4.69, 9.17) is 15.2 Å². The molecular weight excluding hydrogens is 326 g/mol. The second-order valence-corrected chi connectivity index (χ2v) is 6.67. The molecule has 0 spiro atoms. The topological polar surface area (TPSA) is 61.5 Å². The van der Waals surface area contributed by atoms with Gasteiger partial charge in [-0.1, -0.05) is 95.0 Å². The summed E-state index contributed by atoms with van der Waals surface area (Å²) in [4.78, 5) is 11.7. The first-order chi connectivity index (χ1) is 12.7. The molecule has 0 aliphatic carbocycles. The molecule has 0 aromatic heterocycles. The van der Waals surface area contributed by atoms with Crippen molar-refractivity contribution in [3.05, 3.63) is 47.9 Å². The highest BCUT2D eigenvalue weighted by atomic mass is 16.5. The largest absolute Gasteiger partial charge is 0.474 e. The predicted molar refractivity (Wildman–Crippen MR) is 106 cm³/mol. The number of benzene rings is 1. The minimum absolute atomic E-state index is 0.0851. The van der Waals surface area contributed by atoms with Crippen molar-refractivity contribution in [1.82, 2.24) is 0 Å². The second-order valence-electron chi connectivity index (χ2n) is 6.67. The van der Waals surface area contributed by atoms with Gasteiger partial charge in [-0.25, -0.2) is 4.79 Å². The van der Waals surface area contributed by atoms with Crippen LogP contribution in [0.15, 0.2) is 42.3 Å². The van der Waals surface area contributed by atoms with E-state index in [0.29, 0.717) is 13.2 Å². The highest BCUT2D eigenvalue weighted by Gasteiger charge is 2.02. The molecular formula is C22H35NO3. The molecule has 146 valence electrons. The van der Waals surface area contributed by atoms with Crippen molar-refractivity contribution in [2.45, 2.75) is 77.7 Å². The molecule has 0 amide bonds. The van der Waals surface area contributed by atoms with Crippen molar-refractivity contribution >= 4 is 5.97 Å². The summed E-state index contributed by atoms with van der Waals surface area (Å²) in [6.07, 6.45) is 13.8. The zero-order valence-electron chi connectivity index (χ0n) is 16.3. The molecule has 4 heteroatoms. The van der Waals surface area contributed by atoms with Crippen LogP contribution in [0.5, 0.6) is 0 Å². The molecule has 0 unspecified atom stereocenters. The van der Waals surface area contributed by atoms with Crippen molar-refractivity contribution in [3.63, 3.8) is 0 Å². The van der Waals surface area contributed by atoms with E-state index < -0.39 is 5.97 Å². The Balaban J connectivity index is 1.97. The molecule has 0 saturated carbocycles. The Kier molecular flexibility index (Phi) is 13.0. The fourth-order valence-corrected chi connectivity index (χ4v) is 2.70. The van der Waals surface area contributed by atoms with Crippen LogP contribution < -0.4 is 5.73 Å². The third-order valence-corrected chi connectivity index (χ3v) is 4.25. The number of carbonyl (C=O) groups excluding carboxylic acids is 1. The zero-order valence-corrected chi connectivity index (χ0v) is 16.3. The molecule has 2 N–H and O–H groups in total. The quantitative estimate of drug-likeness (QED) is 0.195. The van der Waals surface area contributed by atoms with Crippen LogP contribution in [0.3, 0.4) is 0 Å². The summed E-state index contributed by atoms with van der Waals surface area (Å²) in [6, 6.07) is 9.68. The van der Waals surface area contributed by atoms with Crippen LogP contribution in [-0.4, -0.2) is 12.6 Å². The number of ether oxygens (including phenoxy) is 2. The lowest BCUT2D eigenvalue weighted by molar-refractivity contribution is -0.138. The van der Waals surface area contributed by atoms with E-state index in [0.717, 1.165) is 18.4 Å². The maximum absolute atomic E-state index is 11.7. The fraction of sp³-hybridized carbons (Fsp3) is 0.591. The highest BCUT2D eigenvalue weighted by Crippen LogP contribution is 2.10. The van der Waals surface area contributed by atoms with Gasteiger partial charge in [0.1, 0.15) is 6.61 Å². The summed E-state index contributed by atoms with van der Waals surface area (Å²) in [5, 5.41) is 0. The first-order valence-corrected chi connectivity index (χ1v) is 10.0. The number of hydrogen-bond donors (Lipinski definition) is 1. The molecule has 1 aromatic rings. The number of esters is 1. The van der Waals surface area contributed by atoms with E-state index in [1.165, 1.54) is 57.4 Å². The first-order valence-electron chi connectivity index (χ1n) is 10.0. The zero-order chi connectivity index (χ0) is 18.9. The Bertz CT molecular complexity index is 499. The first kappa shape index (κ1) is 22.1. The Morgan fingerprint density at radius 3 is 2.08 bits per heavy atom. The molecule has 1 rings (SSSR count). The van der Waals surface area contributed by atoms with Gasteiger partial charge in [0.05, 0.1) is 12.7 Å². The normalized spacial score (nSPS) is 11.3. The van der Waals surface area contributed by atoms with Crippen LogP contribution in [0.2, 0.25) is 0 Å². The summed E-state index contributed by atoms with van der Waals surface area (Å²) in [6.45, 7) is 3.03. The van der Waals surface area contributed by atoms with E-state index in [-0.39, 0.29) is 5.88 Å². The third kappa shape index (κ3) is 12.4. The van der Waals surface area contributed by atoms with Gasteiger partial charge in [-0.05, 0) is 12.0 Å². The molecule has 0 aliphatic heterocycles. The third-order valence-electron chi connectivity index (χ3n) is 4.25. The number of unbranched alkanes of at least 4 members (excludes halogenated alkanes) is 9. The van der Waals surface area contributed by atoms with Gasteiger partial charge in [0.25, 0.3) is 0 Å². The molecule has 0 heterocycles. The summed E-state index contributed by atoms with van der Waals surface area (Å²) >= 11 is 0. The molecule has 0 atom stereocenters. The lowest BCUT2D eigenvalue weighted by Gasteiger charge is -2.06. The van der Waals surface area contributed by atoms with Gasteiger partial charge in [0.15, 0.2) is 5.88 Å². The summed E-state index contributed by atoms with van der Waals surface area (Å²) in [7, 11) is 0. The average Bonchev–Trinajstić information content (AvgIpc) is 2.65. The van der Waals surface area contributed by atoms with E-state index >= 15 is 0 Å². The minimum Gasteiger partial charge on any atom is -0.474 e. The van der Waals surface area contributed by atoms with E-state index in [2.05, 4.69) is 6.92 Å². The smallest absolute Gasteiger partial charge is 0.336 e. The molecule has 0 saturated heterocycles. The number of rotatable bonds is 15. The van der Waals surface area contributed by atoms with Gasteiger partial charge in [-0.2, -0.15) is 0 Å². The lowest BCUT2D eigenvalue weighted by Crippen LogP contribution is -2.09. The summed E-state index contributed by atoms with van der Waals surface area (Å²) in [5.74, 6) is -0.353. The Morgan fingerprint density at radius 2 is 1.46 bits per heavy atom. The van der Waals surface area contributed by atoms with Gasteiger partial charge in [0.2, 0.25) is 0 Å². The van der Waals surface area contributed by atoms with Gasteiger partial charge in [0, 0.05) is 0 Å². The predicted octanol–water partition coefficient (Wildman–Crippen LogP) is 5.47. The van der Waals surface area contributed by atoms with Crippen LogP contribution in [-0.2, 0) is 20.9 Å². The fourth-order valence-electron chi connectivity index (χ4n) is 2.70.